The number of Topliss-reactive ketones (excluding diaryl/α,β-unsaturated/α-hetero) is 1. The van der Waals surface area contributed by atoms with Crippen LogP contribution in [0.15, 0.2) is 42.5 Å². The Morgan fingerprint density at radius 3 is 2.60 bits per heavy atom. The minimum Gasteiger partial charge on any atom is -0.291 e. The molecule has 3 aromatic rings. The van der Waals surface area contributed by atoms with Crippen molar-refractivity contribution in [2.45, 2.75) is 25.7 Å². The number of aromatic nitrogens is 1. The van der Waals surface area contributed by atoms with Crippen LogP contribution in [0.2, 0.25) is 0 Å². The second-order valence-electron chi connectivity index (χ2n) is 6.11. The van der Waals surface area contributed by atoms with E-state index in [4.69, 9.17) is 0 Å². The SMILES string of the molecule is O=C(Cc1c(F)cccc1F)c1nc2c(s1)-c1ccccc1CCC2. The lowest BCUT2D eigenvalue weighted by atomic mass is 10.0. The zero-order chi connectivity index (χ0) is 17.4. The maximum absolute atomic E-state index is 13.8. The first kappa shape index (κ1) is 16.1. The largest absolute Gasteiger partial charge is 0.291 e. The van der Waals surface area contributed by atoms with E-state index in [1.165, 1.54) is 35.1 Å². The third-order valence-electron chi connectivity index (χ3n) is 4.46. The molecule has 1 aliphatic carbocycles. The summed E-state index contributed by atoms with van der Waals surface area (Å²) in [7, 11) is 0. The van der Waals surface area contributed by atoms with E-state index in [1.807, 2.05) is 18.2 Å². The van der Waals surface area contributed by atoms with Crippen molar-refractivity contribution in [1.82, 2.24) is 4.98 Å². The zero-order valence-corrected chi connectivity index (χ0v) is 14.2. The number of thiazole rings is 1. The molecule has 0 atom stereocenters. The third kappa shape index (κ3) is 3.00. The van der Waals surface area contributed by atoms with Gasteiger partial charge in [-0.25, -0.2) is 13.8 Å². The molecule has 5 heteroatoms. The molecule has 1 aliphatic rings. The Kier molecular flexibility index (Phi) is 4.17. The molecule has 0 aliphatic heterocycles. The molecule has 0 saturated heterocycles. The Hall–Kier alpha value is -2.40. The first-order chi connectivity index (χ1) is 12.1. The van der Waals surface area contributed by atoms with Crippen LogP contribution in [0, 0.1) is 11.6 Å². The molecule has 0 spiro atoms. The average molecular weight is 355 g/mol. The van der Waals surface area contributed by atoms with Crippen molar-refractivity contribution in [3.8, 4) is 10.4 Å². The lowest BCUT2D eigenvalue weighted by Crippen LogP contribution is -2.07. The van der Waals surface area contributed by atoms with Gasteiger partial charge in [-0.3, -0.25) is 4.79 Å². The molecule has 1 heterocycles. The van der Waals surface area contributed by atoms with Crippen LogP contribution in [-0.4, -0.2) is 10.8 Å². The van der Waals surface area contributed by atoms with Gasteiger partial charge in [-0.05, 0) is 42.5 Å². The molecule has 0 saturated carbocycles. The second-order valence-corrected chi connectivity index (χ2v) is 7.10. The van der Waals surface area contributed by atoms with Crippen LogP contribution in [0.5, 0.6) is 0 Å². The highest BCUT2D eigenvalue weighted by Crippen LogP contribution is 2.37. The molecule has 25 heavy (non-hydrogen) atoms. The van der Waals surface area contributed by atoms with Gasteiger partial charge in [-0.15, -0.1) is 11.3 Å². The van der Waals surface area contributed by atoms with E-state index in [-0.39, 0.29) is 17.8 Å². The van der Waals surface area contributed by atoms with Gasteiger partial charge in [-0.2, -0.15) is 0 Å². The fourth-order valence-electron chi connectivity index (χ4n) is 3.19. The number of hydrogen-bond acceptors (Lipinski definition) is 3. The zero-order valence-electron chi connectivity index (χ0n) is 13.4. The van der Waals surface area contributed by atoms with Crippen LogP contribution in [0.3, 0.4) is 0 Å². The molecular formula is C20H15F2NOS. The lowest BCUT2D eigenvalue weighted by Gasteiger charge is -2.04. The van der Waals surface area contributed by atoms with E-state index in [1.54, 1.807) is 0 Å². The number of carbonyl (C=O) groups is 1. The maximum atomic E-state index is 13.8. The molecule has 2 aromatic carbocycles. The summed E-state index contributed by atoms with van der Waals surface area (Å²) in [6, 6.07) is 11.8. The monoisotopic (exact) mass is 355 g/mol. The predicted molar refractivity (Wildman–Crippen MR) is 94.0 cm³/mol. The smallest absolute Gasteiger partial charge is 0.195 e. The summed E-state index contributed by atoms with van der Waals surface area (Å²) >= 11 is 1.32. The summed E-state index contributed by atoms with van der Waals surface area (Å²) in [5.74, 6) is -1.74. The highest BCUT2D eigenvalue weighted by molar-refractivity contribution is 7.17. The first-order valence-corrected chi connectivity index (χ1v) is 8.99. The van der Waals surface area contributed by atoms with E-state index in [0.717, 1.165) is 35.4 Å². The van der Waals surface area contributed by atoms with Gasteiger partial charge in [0.1, 0.15) is 11.6 Å². The van der Waals surface area contributed by atoms with Crippen LogP contribution in [-0.2, 0) is 19.3 Å². The van der Waals surface area contributed by atoms with Gasteiger partial charge in [0, 0.05) is 12.0 Å². The van der Waals surface area contributed by atoms with Crippen molar-refractivity contribution in [3.05, 3.63) is 75.9 Å². The normalized spacial score (nSPS) is 13.0. The van der Waals surface area contributed by atoms with Gasteiger partial charge in [0.25, 0.3) is 0 Å². The van der Waals surface area contributed by atoms with Crippen LogP contribution < -0.4 is 0 Å². The highest BCUT2D eigenvalue weighted by atomic mass is 32.1. The summed E-state index contributed by atoms with van der Waals surface area (Å²) in [4.78, 5) is 18.0. The van der Waals surface area contributed by atoms with E-state index >= 15 is 0 Å². The number of benzene rings is 2. The summed E-state index contributed by atoms with van der Waals surface area (Å²) in [6.07, 6.45) is 2.46. The van der Waals surface area contributed by atoms with Crippen molar-refractivity contribution in [3.63, 3.8) is 0 Å². The number of rotatable bonds is 3. The average Bonchev–Trinajstić information content (AvgIpc) is 2.95. The number of aryl methyl sites for hydroxylation is 2. The molecule has 0 N–H and O–H groups in total. The Bertz CT molecular complexity index is 944. The number of nitrogens with zero attached hydrogens (tertiary/aromatic N) is 1. The van der Waals surface area contributed by atoms with E-state index in [0.29, 0.717) is 5.01 Å². The molecule has 0 unspecified atom stereocenters. The predicted octanol–water partition coefficient (Wildman–Crippen LogP) is 5.00. The van der Waals surface area contributed by atoms with Crippen LogP contribution in [0.4, 0.5) is 8.78 Å². The first-order valence-electron chi connectivity index (χ1n) is 8.17. The quantitative estimate of drug-likeness (QED) is 0.619. The minimum absolute atomic E-state index is 0.196. The molecule has 126 valence electrons. The number of ketones is 1. The van der Waals surface area contributed by atoms with Crippen LogP contribution in [0.25, 0.3) is 10.4 Å². The number of halogens is 2. The molecule has 0 radical (unpaired) electrons. The molecule has 4 rings (SSSR count). The number of carbonyl (C=O) groups excluding carboxylic acids is 1. The molecule has 2 nitrogen and oxygen atoms in total. The molecule has 1 aromatic heterocycles. The van der Waals surface area contributed by atoms with Gasteiger partial charge < -0.3 is 0 Å². The maximum Gasteiger partial charge on any atom is 0.195 e. The highest BCUT2D eigenvalue weighted by Gasteiger charge is 2.23. The third-order valence-corrected chi connectivity index (χ3v) is 5.63. The summed E-state index contributed by atoms with van der Waals surface area (Å²) in [5.41, 5.74) is 3.08. The van der Waals surface area contributed by atoms with E-state index < -0.39 is 11.6 Å². The van der Waals surface area contributed by atoms with Crippen LogP contribution in [0.1, 0.15) is 33.0 Å². The van der Waals surface area contributed by atoms with Gasteiger partial charge >= 0.3 is 0 Å². The molecule has 0 amide bonds. The fourth-order valence-corrected chi connectivity index (χ4v) is 4.30. The summed E-state index contributed by atoms with van der Waals surface area (Å²) < 4.78 is 27.6. The minimum atomic E-state index is -0.697. The van der Waals surface area contributed by atoms with E-state index in [2.05, 4.69) is 11.1 Å². The van der Waals surface area contributed by atoms with Crippen LogP contribution >= 0.6 is 11.3 Å². The Morgan fingerprint density at radius 1 is 1.04 bits per heavy atom. The van der Waals surface area contributed by atoms with Crippen molar-refractivity contribution >= 4 is 17.1 Å². The fraction of sp³-hybridized carbons (Fsp3) is 0.200. The summed E-state index contributed by atoms with van der Waals surface area (Å²) in [5, 5.41) is 0.323. The van der Waals surface area contributed by atoms with E-state index in [9.17, 15) is 13.6 Å². The van der Waals surface area contributed by atoms with Gasteiger partial charge in [0.15, 0.2) is 10.8 Å². The Labute approximate surface area is 148 Å². The topological polar surface area (TPSA) is 30.0 Å². The van der Waals surface area contributed by atoms with Crippen molar-refractivity contribution < 1.29 is 13.6 Å². The van der Waals surface area contributed by atoms with Crippen molar-refractivity contribution in [2.75, 3.05) is 0 Å². The molecule has 0 fully saturated rings. The van der Waals surface area contributed by atoms with Gasteiger partial charge in [-0.1, -0.05) is 30.3 Å². The molecular weight excluding hydrogens is 340 g/mol. The number of fused-ring (bicyclic) bond motifs is 3. The molecule has 0 bridgehead atoms. The summed E-state index contributed by atoms with van der Waals surface area (Å²) in [6.45, 7) is 0. The Morgan fingerprint density at radius 2 is 1.80 bits per heavy atom. The lowest BCUT2D eigenvalue weighted by molar-refractivity contribution is 0.0990. The number of hydrogen-bond donors (Lipinski definition) is 0. The van der Waals surface area contributed by atoms with Crippen molar-refractivity contribution in [2.24, 2.45) is 0 Å². The van der Waals surface area contributed by atoms with Crippen molar-refractivity contribution in [1.29, 1.82) is 0 Å². The standard InChI is InChI=1S/C20H15F2NOS/c21-15-8-4-9-16(22)14(15)11-18(24)20-23-17-10-3-6-12-5-1-2-7-13(12)19(17)25-20/h1-2,4-5,7-9H,3,6,10-11H2. The van der Waals surface area contributed by atoms with Gasteiger partial charge in [0.2, 0.25) is 0 Å². The van der Waals surface area contributed by atoms with Gasteiger partial charge in [0.05, 0.1) is 10.6 Å². The second kappa shape index (κ2) is 6.48. The Balaban J connectivity index is 1.69.